The van der Waals surface area contributed by atoms with Crippen LogP contribution in [0.15, 0.2) is 18.2 Å². The SMILES string of the molecule is N#Cc1[c]ccc(C#N)c1. The molecule has 1 radical (unpaired) electrons. The Morgan fingerprint density at radius 3 is 2.70 bits per heavy atom. The van der Waals surface area contributed by atoms with Crippen LogP contribution in [-0.2, 0) is 0 Å². The van der Waals surface area contributed by atoms with Gasteiger partial charge in [-0.15, -0.1) is 0 Å². The summed E-state index contributed by atoms with van der Waals surface area (Å²) in [5.41, 5.74) is 0.898. The molecule has 0 aliphatic carbocycles. The molecule has 1 rings (SSSR count). The first-order valence-electron chi connectivity index (χ1n) is 2.69. The number of rotatable bonds is 0. The van der Waals surface area contributed by atoms with Gasteiger partial charge in [-0.05, 0) is 12.1 Å². The molecule has 10 heavy (non-hydrogen) atoms. The Labute approximate surface area is 58.9 Å². The first-order valence-corrected chi connectivity index (χ1v) is 2.69. The van der Waals surface area contributed by atoms with Gasteiger partial charge in [0, 0.05) is 6.07 Å². The van der Waals surface area contributed by atoms with Crippen molar-refractivity contribution in [1.82, 2.24) is 0 Å². The Morgan fingerprint density at radius 2 is 2.10 bits per heavy atom. The number of hydrogen-bond acceptors (Lipinski definition) is 2. The Kier molecular flexibility index (Phi) is 1.68. The summed E-state index contributed by atoms with van der Waals surface area (Å²) < 4.78 is 0. The summed E-state index contributed by atoms with van der Waals surface area (Å²) >= 11 is 0. The van der Waals surface area contributed by atoms with Crippen LogP contribution in [0.4, 0.5) is 0 Å². The minimum absolute atomic E-state index is 0.402. The Hall–Kier alpha value is -1.80. The van der Waals surface area contributed by atoms with Gasteiger partial charge in [0.2, 0.25) is 0 Å². The normalized spacial score (nSPS) is 7.80. The van der Waals surface area contributed by atoms with Crippen LogP contribution in [0.5, 0.6) is 0 Å². The average molecular weight is 127 g/mol. The molecule has 0 fully saturated rings. The number of nitriles is 2. The van der Waals surface area contributed by atoms with E-state index in [1.807, 2.05) is 12.1 Å². The molecular weight excluding hydrogens is 124 g/mol. The molecule has 0 saturated heterocycles. The van der Waals surface area contributed by atoms with Crippen molar-refractivity contribution in [2.45, 2.75) is 0 Å². The first kappa shape index (κ1) is 6.32. The van der Waals surface area contributed by atoms with Crippen LogP contribution in [0.2, 0.25) is 0 Å². The van der Waals surface area contributed by atoms with E-state index in [9.17, 15) is 0 Å². The van der Waals surface area contributed by atoms with Crippen molar-refractivity contribution in [2.75, 3.05) is 0 Å². The molecule has 0 unspecified atom stereocenters. The second-order valence-corrected chi connectivity index (χ2v) is 1.71. The summed E-state index contributed by atoms with van der Waals surface area (Å²) in [5.74, 6) is 0. The van der Waals surface area contributed by atoms with E-state index >= 15 is 0 Å². The molecule has 0 atom stereocenters. The van der Waals surface area contributed by atoms with E-state index in [0.29, 0.717) is 11.1 Å². The number of nitrogens with zero attached hydrogens (tertiary/aromatic N) is 2. The highest BCUT2D eigenvalue weighted by Crippen LogP contribution is 2.00. The van der Waals surface area contributed by atoms with Gasteiger partial charge in [-0.25, -0.2) is 0 Å². The van der Waals surface area contributed by atoms with E-state index in [1.165, 1.54) is 6.07 Å². The van der Waals surface area contributed by atoms with Gasteiger partial charge in [-0.2, -0.15) is 10.5 Å². The zero-order valence-corrected chi connectivity index (χ0v) is 5.13. The fourth-order valence-electron chi connectivity index (χ4n) is 0.601. The molecule has 0 amide bonds. The highest BCUT2D eigenvalue weighted by atomic mass is 14.2. The lowest BCUT2D eigenvalue weighted by Crippen LogP contribution is -1.76. The molecular formula is C8H3N2. The fourth-order valence-corrected chi connectivity index (χ4v) is 0.601. The smallest absolute Gasteiger partial charge is 0.0998 e. The highest BCUT2D eigenvalue weighted by molar-refractivity contribution is 5.37. The van der Waals surface area contributed by atoms with Gasteiger partial charge in [-0.1, -0.05) is 6.07 Å². The average Bonchev–Trinajstić information content (AvgIpc) is 2.05. The highest BCUT2D eigenvalue weighted by Gasteiger charge is 1.90. The molecule has 1 aromatic rings. The molecule has 0 spiro atoms. The summed E-state index contributed by atoms with van der Waals surface area (Å²) in [7, 11) is 0. The van der Waals surface area contributed by atoms with Crippen molar-refractivity contribution in [3.63, 3.8) is 0 Å². The number of benzene rings is 1. The van der Waals surface area contributed by atoms with E-state index in [2.05, 4.69) is 6.07 Å². The number of hydrogen-bond donors (Lipinski definition) is 0. The van der Waals surface area contributed by atoms with Gasteiger partial charge in [0.15, 0.2) is 0 Å². The van der Waals surface area contributed by atoms with E-state index in [-0.39, 0.29) is 0 Å². The molecule has 0 aromatic heterocycles. The van der Waals surface area contributed by atoms with Crippen molar-refractivity contribution in [1.29, 1.82) is 10.5 Å². The van der Waals surface area contributed by atoms with Crippen LogP contribution in [-0.4, -0.2) is 0 Å². The molecule has 2 heteroatoms. The van der Waals surface area contributed by atoms with Gasteiger partial charge in [0.25, 0.3) is 0 Å². The van der Waals surface area contributed by atoms with Crippen molar-refractivity contribution < 1.29 is 0 Å². The van der Waals surface area contributed by atoms with Crippen LogP contribution in [0.1, 0.15) is 11.1 Å². The summed E-state index contributed by atoms with van der Waals surface area (Å²) in [6.07, 6.45) is 0. The van der Waals surface area contributed by atoms with Crippen molar-refractivity contribution >= 4 is 0 Å². The minimum Gasteiger partial charge on any atom is -0.192 e. The predicted molar refractivity (Wildman–Crippen MR) is 34.7 cm³/mol. The molecule has 0 N–H and O–H groups in total. The molecule has 0 saturated carbocycles. The van der Waals surface area contributed by atoms with Gasteiger partial charge in [-0.3, -0.25) is 0 Å². The molecule has 0 bridgehead atoms. The molecule has 0 aliphatic heterocycles. The largest absolute Gasteiger partial charge is 0.192 e. The first-order chi connectivity index (χ1) is 4.86. The third kappa shape index (κ3) is 1.13. The van der Waals surface area contributed by atoms with Crippen LogP contribution >= 0.6 is 0 Å². The zero-order chi connectivity index (χ0) is 7.40. The van der Waals surface area contributed by atoms with E-state index in [1.54, 1.807) is 12.1 Å². The maximum atomic E-state index is 8.38. The zero-order valence-electron chi connectivity index (χ0n) is 5.13. The topological polar surface area (TPSA) is 47.6 Å². The van der Waals surface area contributed by atoms with Crippen molar-refractivity contribution in [3.05, 3.63) is 35.4 Å². The third-order valence-electron chi connectivity index (χ3n) is 1.05. The van der Waals surface area contributed by atoms with Crippen molar-refractivity contribution in [3.8, 4) is 12.1 Å². The van der Waals surface area contributed by atoms with Crippen LogP contribution in [0, 0.1) is 28.7 Å². The van der Waals surface area contributed by atoms with Gasteiger partial charge in [0.1, 0.15) is 0 Å². The third-order valence-corrected chi connectivity index (χ3v) is 1.05. The molecule has 1 aromatic carbocycles. The maximum absolute atomic E-state index is 8.38. The van der Waals surface area contributed by atoms with E-state index in [4.69, 9.17) is 10.5 Å². The summed E-state index contributed by atoms with van der Waals surface area (Å²) in [4.78, 5) is 0. The molecule has 0 heterocycles. The van der Waals surface area contributed by atoms with Crippen molar-refractivity contribution in [2.24, 2.45) is 0 Å². The molecule has 2 nitrogen and oxygen atoms in total. The van der Waals surface area contributed by atoms with Gasteiger partial charge >= 0.3 is 0 Å². The predicted octanol–water partition coefficient (Wildman–Crippen LogP) is 1.23. The molecule has 0 aliphatic rings. The monoisotopic (exact) mass is 127 g/mol. The summed E-state index contributed by atoms with van der Waals surface area (Å²) in [6, 6.07) is 11.2. The van der Waals surface area contributed by atoms with E-state index in [0.717, 1.165) is 0 Å². The fraction of sp³-hybridized carbons (Fsp3) is 0. The summed E-state index contributed by atoms with van der Waals surface area (Å²) in [5, 5.41) is 16.8. The van der Waals surface area contributed by atoms with E-state index < -0.39 is 0 Å². The Morgan fingerprint density at radius 1 is 1.30 bits per heavy atom. The van der Waals surface area contributed by atoms with Crippen LogP contribution < -0.4 is 0 Å². The molecule has 45 valence electrons. The quantitative estimate of drug-likeness (QED) is 0.526. The minimum atomic E-state index is 0.402. The van der Waals surface area contributed by atoms with Crippen LogP contribution in [0.25, 0.3) is 0 Å². The standard InChI is InChI=1S/C8H3N2/c9-5-7-2-1-3-8(4-7)6-10/h1-2,4H. The second-order valence-electron chi connectivity index (χ2n) is 1.71. The Bertz CT molecular complexity index is 286. The Balaban J connectivity index is 3.17. The summed E-state index contributed by atoms with van der Waals surface area (Å²) in [6.45, 7) is 0. The van der Waals surface area contributed by atoms with Gasteiger partial charge in [0.05, 0.1) is 23.3 Å². The lowest BCUT2D eigenvalue weighted by Gasteiger charge is -1.85. The van der Waals surface area contributed by atoms with Gasteiger partial charge < -0.3 is 0 Å². The van der Waals surface area contributed by atoms with Crippen LogP contribution in [0.3, 0.4) is 0 Å². The second kappa shape index (κ2) is 2.66. The lowest BCUT2D eigenvalue weighted by molar-refractivity contribution is 1.44. The maximum Gasteiger partial charge on any atom is 0.0998 e. The lowest BCUT2D eigenvalue weighted by atomic mass is 10.2.